The molecule has 0 aliphatic carbocycles. The Morgan fingerprint density at radius 2 is 2.05 bits per heavy atom. The molecule has 3 rings (SSSR count). The van der Waals surface area contributed by atoms with E-state index in [1.165, 1.54) is 16.0 Å². The lowest BCUT2D eigenvalue weighted by Gasteiger charge is -2.35. The Labute approximate surface area is 124 Å². The smallest absolute Gasteiger partial charge is 0.136 e. The molecule has 0 bridgehead atoms. The topological polar surface area (TPSA) is 20.3 Å². The maximum atomic E-state index is 11.8. The first-order valence-electron chi connectivity index (χ1n) is 7.07. The van der Waals surface area contributed by atoms with Crippen LogP contribution in [-0.2, 0) is 11.3 Å². The number of hydrogen-bond donors (Lipinski definition) is 0. The van der Waals surface area contributed by atoms with Crippen LogP contribution < -0.4 is 0 Å². The molecule has 1 aromatic carbocycles. The van der Waals surface area contributed by atoms with Crippen LogP contribution in [-0.4, -0.2) is 17.2 Å². The molecule has 2 nitrogen and oxygen atoms in total. The summed E-state index contributed by atoms with van der Waals surface area (Å²) in [5.41, 5.74) is 2.53. The number of piperidine rings is 1. The van der Waals surface area contributed by atoms with Gasteiger partial charge in [0.2, 0.25) is 0 Å². The maximum absolute atomic E-state index is 11.8. The molecule has 2 aromatic rings. The average molecular weight is 285 g/mol. The molecule has 1 atom stereocenters. The molecule has 1 saturated heterocycles. The number of Topliss-reactive ketones (excluding diaryl/α,β-unsaturated/α-hetero) is 1. The average Bonchev–Trinajstić information content (AvgIpc) is 2.95. The maximum Gasteiger partial charge on any atom is 0.136 e. The van der Waals surface area contributed by atoms with Crippen LogP contribution in [0.3, 0.4) is 0 Å². The van der Waals surface area contributed by atoms with Gasteiger partial charge >= 0.3 is 0 Å². The summed E-state index contributed by atoms with van der Waals surface area (Å²) in [7, 11) is 0. The summed E-state index contributed by atoms with van der Waals surface area (Å²) in [6, 6.07) is 13.1. The quantitative estimate of drug-likeness (QED) is 0.850. The molecule has 0 saturated carbocycles. The van der Waals surface area contributed by atoms with Crippen LogP contribution in [0.4, 0.5) is 0 Å². The first kappa shape index (κ1) is 13.5. The van der Waals surface area contributed by atoms with E-state index in [2.05, 4.69) is 53.6 Å². The van der Waals surface area contributed by atoms with Crippen molar-refractivity contribution in [1.82, 2.24) is 4.90 Å². The zero-order valence-electron chi connectivity index (χ0n) is 11.7. The van der Waals surface area contributed by atoms with E-state index in [0.717, 1.165) is 13.1 Å². The Balaban J connectivity index is 1.83. The van der Waals surface area contributed by atoms with Gasteiger partial charge in [0.05, 0.1) is 0 Å². The van der Waals surface area contributed by atoms with Gasteiger partial charge in [0.15, 0.2) is 0 Å². The Bertz CT molecular complexity index is 574. The van der Waals surface area contributed by atoms with Crippen LogP contribution in [0.5, 0.6) is 0 Å². The molecule has 3 heteroatoms. The molecule has 1 unspecified atom stereocenters. The molecule has 0 amide bonds. The van der Waals surface area contributed by atoms with E-state index in [9.17, 15) is 4.79 Å². The van der Waals surface area contributed by atoms with E-state index in [1.807, 2.05) is 0 Å². The highest BCUT2D eigenvalue weighted by Crippen LogP contribution is 2.31. The number of nitrogens with zero attached hydrogens (tertiary/aromatic N) is 1. The van der Waals surface area contributed by atoms with Gasteiger partial charge in [-0.15, -0.1) is 11.3 Å². The zero-order chi connectivity index (χ0) is 13.9. The fourth-order valence-electron chi connectivity index (χ4n) is 2.78. The lowest BCUT2D eigenvalue weighted by molar-refractivity contribution is -0.123. The Kier molecular flexibility index (Phi) is 3.99. The third kappa shape index (κ3) is 3.00. The van der Waals surface area contributed by atoms with Crippen LogP contribution in [0, 0.1) is 6.92 Å². The highest BCUT2D eigenvalue weighted by atomic mass is 32.1. The second-order valence-corrected chi connectivity index (χ2v) is 6.50. The first-order chi connectivity index (χ1) is 9.72. The zero-order valence-corrected chi connectivity index (χ0v) is 12.5. The van der Waals surface area contributed by atoms with Crippen molar-refractivity contribution >= 4 is 17.1 Å². The molecule has 1 fully saturated rings. The van der Waals surface area contributed by atoms with Gasteiger partial charge in [-0.1, -0.05) is 35.9 Å². The third-order valence-corrected chi connectivity index (χ3v) is 4.80. The molecule has 1 aliphatic rings. The minimum absolute atomic E-state index is 0.235. The lowest BCUT2D eigenvalue weighted by atomic mass is 9.94. The predicted molar refractivity (Wildman–Crippen MR) is 82.9 cm³/mol. The summed E-state index contributed by atoms with van der Waals surface area (Å²) >= 11 is 1.79. The number of likely N-dealkylation sites (tertiary alicyclic amines) is 1. The van der Waals surface area contributed by atoms with Gasteiger partial charge in [0.25, 0.3) is 0 Å². The monoisotopic (exact) mass is 285 g/mol. The molecular weight excluding hydrogens is 266 g/mol. The minimum atomic E-state index is 0.235. The third-order valence-electron chi connectivity index (χ3n) is 3.94. The molecule has 20 heavy (non-hydrogen) atoms. The normalized spacial score (nSPS) is 20.2. The van der Waals surface area contributed by atoms with Gasteiger partial charge in [-0.25, -0.2) is 0 Å². The van der Waals surface area contributed by atoms with Crippen LogP contribution in [0.1, 0.15) is 34.9 Å². The number of benzene rings is 1. The van der Waals surface area contributed by atoms with E-state index < -0.39 is 0 Å². The second kappa shape index (κ2) is 5.90. The summed E-state index contributed by atoms with van der Waals surface area (Å²) < 4.78 is 0. The minimum Gasteiger partial charge on any atom is -0.300 e. The highest BCUT2D eigenvalue weighted by molar-refractivity contribution is 7.09. The number of ketones is 1. The fourth-order valence-corrected chi connectivity index (χ4v) is 3.51. The molecule has 104 valence electrons. The molecule has 0 spiro atoms. The first-order valence-corrected chi connectivity index (χ1v) is 7.95. The summed E-state index contributed by atoms with van der Waals surface area (Å²) in [6.45, 7) is 3.91. The lowest BCUT2D eigenvalue weighted by Crippen LogP contribution is -2.36. The molecule has 0 radical (unpaired) electrons. The Morgan fingerprint density at radius 3 is 2.75 bits per heavy atom. The number of hydrogen-bond acceptors (Lipinski definition) is 3. The number of carbonyl (C=O) groups excluding carboxylic acids is 1. The van der Waals surface area contributed by atoms with Gasteiger partial charge in [-0.2, -0.15) is 0 Å². The van der Waals surface area contributed by atoms with Crippen molar-refractivity contribution in [2.45, 2.75) is 32.4 Å². The Morgan fingerprint density at radius 1 is 1.25 bits per heavy atom. The molecule has 2 heterocycles. The van der Waals surface area contributed by atoms with Crippen molar-refractivity contribution in [1.29, 1.82) is 0 Å². The van der Waals surface area contributed by atoms with Crippen molar-refractivity contribution < 1.29 is 4.79 Å². The van der Waals surface area contributed by atoms with E-state index in [1.54, 1.807) is 11.3 Å². The fraction of sp³-hybridized carbons (Fsp3) is 0.353. The van der Waals surface area contributed by atoms with E-state index in [0.29, 0.717) is 18.6 Å². The molecule has 0 N–H and O–H groups in total. The van der Waals surface area contributed by atoms with Crippen molar-refractivity contribution in [2.75, 3.05) is 6.54 Å². The van der Waals surface area contributed by atoms with Gasteiger partial charge < -0.3 is 0 Å². The van der Waals surface area contributed by atoms with E-state index >= 15 is 0 Å². The molecule has 1 aromatic heterocycles. The summed E-state index contributed by atoms with van der Waals surface area (Å²) in [4.78, 5) is 15.7. The standard InChI is InChI=1S/C17H19NOS/c1-13-4-6-14(7-5-13)17-11-15(19)8-9-18(17)12-16-3-2-10-20-16/h2-7,10,17H,8-9,11-12H2,1H3. The molecule has 1 aliphatic heterocycles. The number of rotatable bonds is 3. The number of aryl methyl sites for hydroxylation is 1. The van der Waals surface area contributed by atoms with Gasteiger partial charge in [-0.05, 0) is 23.9 Å². The number of thiophene rings is 1. The van der Waals surface area contributed by atoms with Gasteiger partial charge in [0.1, 0.15) is 5.78 Å². The summed E-state index contributed by atoms with van der Waals surface area (Å²) in [5.74, 6) is 0.387. The molecular formula is C17H19NOS. The second-order valence-electron chi connectivity index (χ2n) is 5.47. The summed E-state index contributed by atoms with van der Waals surface area (Å²) in [5, 5.41) is 2.12. The SMILES string of the molecule is Cc1ccc(C2CC(=O)CCN2Cc2cccs2)cc1. The largest absolute Gasteiger partial charge is 0.300 e. The van der Waals surface area contributed by atoms with Crippen LogP contribution >= 0.6 is 11.3 Å². The van der Waals surface area contributed by atoms with Gasteiger partial charge in [-0.3, -0.25) is 9.69 Å². The van der Waals surface area contributed by atoms with Crippen molar-refractivity contribution in [3.8, 4) is 0 Å². The van der Waals surface area contributed by atoms with Gasteiger partial charge in [0, 0.05) is 36.9 Å². The number of carbonyl (C=O) groups is 1. The van der Waals surface area contributed by atoms with Crippen molar-refractivity contribution in [3.63, 3.8) is 0 Å². The van der Waals surface area contributed by atoms with Crippen molar-refractivity contribution in [2.24, 2.45) is 0 Å². The van der Waals surface area contributed by atoms with Crippen LogP contribution in [0.25, 0.3) is 0 Å². The van der Waals surface area contributed by atoms with Crippen LogP contribution in [0.2, 0.25) is 0 Å². The highest BCUT2D eigenvalue weighted by Gasteiger charge is 2.28. The summed E-state index contributed by atoms with van der Waals surface area (Å²) in [6.07, 6.45) is 1.34. The predicted octanol–water partition coefficient (Wildman–Crippen LogP) is 3.96. The Hall–Kier alpha value is -1.45. The van der Waals surface area contributed by atoms with E-state index in [4.69, 9.17) is 0 Å². The van der Waals surface area contributed by atoms with E-state index in [-0.39, 0.29) is 6.04 Å². The van der Waals surface area contributed by atoms with Crippen molar-refractivity contribution in [3.05, 3.63) is 57.8 Å². The van der Waals surface area contributed by atoms with Crippen LogP contribution in [0.15, 0.2) is 41.8 Å².